The molecule has 0 spiro atoms. The van der Waals surface area contributed by atoms with Crippen molar-refractivity contribution in [2.75, 3.05) is 26.3 Å². The zero-order chi connectivity index (χ0) is 6.97. The molecule has 2 heteroatoms. The van der Waals surface area contributed by atoms with Crippen LogP contribution in [0.5, 0.6) is 0 Å². The molecular weight excluding hydrogens is 126 g/mol. The van der Waals surface area contributed by atoms with E-state index in [-0.39, 0.29) is 0 Å². The van der Waals surface area contributed by atoms with Crippen molar-refractivity contribution >= 4 is 0 Å². The summed E-state index contributed by atoms with van der Waals surface area (Å²) in [5.41, 5.74) is 1.51. The third-order valence-electron chi connectivity index (χ3n) is 2.26. The Kier molecular flexibility index (Phi) is 1.51. The Morgan fingerprint density at radius 3 is 2.80 bits per heavy atom. The molecule has 0 radical (unpaired) electrons. The quantitative estimate of drug-likeness (QED) is 0.494. The predicted molar refractivity (Wildman–Crippen MR) is 39.9 cm³/mol. The summed E-state index contributed by atoms with van der Waals surface area (Å²) in [7, 11) is 0. The summed E-state index contributed by atoms with van der Waals surface area (Å²) in [5.74, 6) is 0. The fourth-order valence-corrected chi connectivity index (χ4v) is 1.43. The van der Waals surface area contributed by atoms with Gasteiger partial charge in [0.1, 0.15) is 0 Å². The third-order valence-corrected chi connectivity index (χ3v) is 2.26. The molecule has 0 aromatic rings. The van der Waals surface area contributed by atoms with E-state index in [0.29, 0.717) is 6.04 Å². The minimum Gasteiger partial charge on any atom is -0.378 e. The maximum atomic E-state index is 5.12. The van der Waals surface area contributed by atoms with Crippen LogP contribution in [-0.2, 0) is 4.74 Å². The van der Waals surface area contributed by atoms with E-state index in [1.807, 2.05) is 0 Å². The van der Waals surface area contributed by atoms with Crippen LogP contribution < -0.4 is 0 Å². The highest BCUT2D eigenvalue weighted by molar-refractivity contribution is 5.10. The highest BCUT2D eigenvalue weighted by atomic mass is 16.5. The highest BCUT2D eigenvalue weighted by Gasteiger charge is 2.27. The minimum atomic E-state index is 0.716. The molecule has 0 bridgehead atoms. The minimum absolute atomic E-state index is 0.716. The number of nitrogens with zero attached hydrogens (tertiary/aromatic N) is 1. The summed E-state index contributed by atoms with van der Waals surface area (Å²) in [4.78, 5) is 2.47. The summed E-state index contributed by atoms with van der Waals surface area (Å²) in [5, 5.41) is 0. The molecule has 0 aliphatic carbocycles. The van der Waals surface area contributed by atoms with E-state index in [0.717, 1.165) is 26.3 Å². The smallest absolute Gasteiger partial charge is 0.0645 e. The molecule has 1 fully saturated rings. The first-order chi connectivity index (χ1) is 4.86. The monoisotopic (exact) mass is 139 g/mol. The van der Waals surface area contributed by atoms with Crippen molar-refractivity contribution in [3.8, 4) is 0 Å². The van der Waals surface area contributed by atoms with Gasteiger partial charge in [0.15, 0.2) is 0 Å². The van der Waals surface area contributed by atoms with Gasteiger partial charge in [-0.05, 0) is 6.92 Å². The second kappa shape index (κ2) is 2.36. The molecule has 0 atom stereocenters. The Balaban J connectivity index is 1.86. The number of rotatable bonds is 1. The van der Waals surface area contributed by atoms with Gasteiger partial charge in [-0.2, -0.15) is 0 Å². The molecule has 2 nitrogen and oxygen atoms in total. The van der Waals surface area contributed by atoms with E-state index in [1.165, 1.54) is 5.57 Å². The highest BCUT2D eigenvalue weighted by Crippen LogP contribution is 2.16. The van der Waals surface area contributed by atoms with Gasteiger partial charge in [0, 0.05) is 13.1 Å². The summed E-state index contributed by atoms with van der Waals surface area (Å²) in [6.45, 7) is 6.38. The molecular formula is C8H13NO. The molecule has 0 unspecified atom stereocenters. The van der Waals surface area contributed by atoms with Crippen LogP contribution in [0.2, 0.25) is 0 Å². The first-order valence-electron chi connectivity index (χ1n) is 3.83. The van der Waals surface area contributed by atoms with Crippen LogP contribution in [-0.4, -0.2) is 37.2 Å². The molecule has 0 aromatic carbocycles. The molecule has 10 heavy (non-hydrogen) atoms. The summed E-state index contributed by atoms with van der Waals surface area (Å²) in [6.07, 6.45) is 2.30. The van der Waals surface area contributed by atoms with E-state index in [9.17, 15) is 0 Å². The van der Waals surface area contributed by atoms with Crippen LogP contribution in [0.25, 0.3) is 0 Å². The van der Waals surface area contributed by atoms with Gasteiger partial charge in [-0.1, -0.05) is 11.6 Å². The molecule has 0 N–H and O–H groups in total. The van der Waals surface area contributed by atoms with Crippen LogP contribution in [0, 0.1) is 0 Å². The lowest BCUT2D eigenvalue weighted by Gasteiger charge is -2.34. The molecule has 2 aliphatic heterocycles. The van der Waals surface area contributed by atoms with Gasteiger partial charge in [-0.25, -0.2) is 0 Å². The molecule has 1 saturated heterocycles. The lowest BCUT2D eigenvalue weighted by Crippen LogP contribution is -2.47. The van der Waals surface area contributed by atoms with Crippen molar-refractivity contribution in [2.24, 2.45) is 0 Å². The van der Waals surface area contributed by atoms with Gasteiger partial charge in [-0.3, -0.25) is 4.90 Å². The Labute approximate surface area is 61.5 Å². The van der Waals surface area contributed by atoms with Crippen LogP contribution in [0.1, 0.15) is 6.92 Å². The molecule has 0 saturated carbocycles. The summed E-state index contributed by atoms with van der Waals surface area (Å²) < 4.78 is 5.12. The number of ether oxygens (including phenoxy) is 1. The first-order valence-corrected chi connectivity index (χ1v) is 3.83. The van der Waals surface area contributed by atoms with Crippen LogP contribution in [0.4, 0.5) is 0 Å². The van der Waals surface area contributed by atoms with Gasteiger partial charge >= 0.3 is 0 Å². The summed E-state index contributed by atoms with van der Waals surface area (Å²) >= 11 is 0. The lowest BCUT2D eigenvalue weighted by atomic mass is 10.2. The van der Waals surface area contributed by atoms with Crippen molar-refractivity contribution in [1.29, 1.82) is 0 Å². The Morgan fingerprint density at radius 2 is 2.40 bits per heavy atom. The topological polar surface area (TPSA) is 12.5 Å². The van der Waals surface area contributed by atoms with E-state index < -0.39 is 0 Å². The van der Waals surface area contributed by atoms with E-state index in [1.54, 1.807) is 0 Å². The van der Waals surface area contributed by atoms with Gasteiger partial charge < -0.3 is 4.74 Å². The van der Waals surface area contributed by atoms with Crippen LogP contribution >= 0.6 is 0 Å². The van der Waals surface area contributed by atoms with Gasteiger partial charge in [0.25, 0.3) is 0 Å². The zero-order valence-electron chi connectivity index (χ0n) is 6.34. The molecule has 0 aromatic heterocycles. The zero-order valence-corrected chi connectivity index (χ0v) is 6.34. The van der Waals surface area contributed by atoms with Crippen molar-refractivity contribution in [2.45, 2.75) is 13.0 Å². The number of hydrogen-bond donors (Lipinski definition) is 0. The Hall–Kier alpha value is -0.340. The standard InChI is InChI=1S/C8H13NO/c1-7-2-3-9(4-7)8-5-10-6-8/h2,8H,3-6H2,1H3. The molecule has 56 valence electrons. The first kappa shape index (κ1) is 6.38. The Bertz CT molecular complexity index is 161. The van der Waals surface area contributed by atoms with Crippen LogP contribution in [0.15, 0.2) is 11.6 Å². The molecule has 0 amide bonds. The van der Waals surface area contributed by atoms with Crippen molar-refractivity contribution in [3.63, 3.8) is 0 Å². The molecule has 2 aliphatic rings. The predicted octanol–water partition coefficient (Wildman–Crippen LogP) is 0.647. The van der Waals surface area contributed by atoms with E-state index in [2.05, 4.69) is 17.9 Å². The molecule has 2 heterocycles. The van der Waals surface area contributed by atoms with Crippen LogP contribution in [0.3, 0.4) is 0 Å². The van der Waals surface area contributed by atoms with Gasteiger partial charge in [0.2, 0.25) is 0 Å². The third kappa shape index (κ3) is 0.976. The number of hydrogen-bond acceptors (Lipinski definition) is 2. The second-order valence-corrected chi connectivity index (χ2v) is 3.17. The average Bonchev–Trinajstić information content (AvgIpc) is 2.10. The van der Waals surface area contributed by atoms with Crippen molar-refractivity contribution in [1.82, 2.24) is 4.90 Å². The fourth-order valence-electron chi connectivity index (χ4n) is 1.43. The van der Waals surface area contributed by atoms with E-state index >= 15 is 0 Å². The Morgan fingerprint density at radius 1 is 1.60 bits per heavy atom. The molecule has 2 rings (SSSR count). The fraction of sp³-hybridized carbons (Fsp3) is 0.750. The normalized spacial score (nSPS) is 28.3. The van der Waals surface area contributed by atoms with E-state index in [4.69, 9.17) is 4.74 Å². The maximum absolute atomic E-state index is 5.12. The summed E-state index contributed by atoms with van der Waals surface area (Å²) in [6, 6.07) is 0.716. The van der Waals surface area contributed by atoms with Crippen molar-refractivity contribution < 1.29 is 4.74 Å². The van der Waals surface area contributed by atoms with Crippen molar-refractivity contribution in [3.05, 3.63) is 11.6 Å². The average molecular weight is 139 g/mol. The maximum Gasteiger partial charge on any atom is 0.0645 e. The van der Waals surface area contributed by atoms with Gasteiger partial charge in [0.05, 0.1) is 19.3 Å². The SMILES string of the molecule is CC1=CCN(C2COC2)C1. The largest absolute Gasteiger partial charge is 0.378 e. The lowest BCUT2D eigenvalue weighted by molar-refractivity contribution is -0.0555. The second-order valence-electron chi connectivity index (χ2n) is 3.17. The van der Waals surface area contributed by atoms with Gasteiger partial charge in [-0.15, -0.1) is 0 Å².